The summed E-state index contributed by atoms with van der Waals surface area (Å²) in [7, 11) is 0. The quantitative estimate of drug-likeness (QED) is 0.457. The Hall–Kier alpha value is -3.45. The van der Waals surface area contributed by atoms with Crippen molar-refractivity contribution < 1.29 is 9.53 Å². The fourth-order valence-corrected chi connectivity index (χ4v) is 3.25. The molecule has 1 N–H and O–H groups in total. The summed E-state index contributed by atoms with van der Waals surface area (Å²) in [5.74, 6) is 0.299. The van der Waals surface area contributed by atoms with Crippen LogP contribution in [0.3, 0.4) is 0 Å². The third-order valence-electron chi connectivity index (χ3n) is 4.22. The highest BCUT2D eigenvalue weighted by molar-refractivity contribution is 9.10. The molecule has 1 aromatic heterocycles. The largest absolute Gasteiger partial charge is 0.488 e. The number of amides is 1. The molecular weight excluding hydrogens is 432 g/mol. The third kappa shape index (κ3) is 4.70. The number of ether oxygens (including phenoxy) is 1. The Kier molecular flexibility index (Phi) is 5.67. The number of hydrogen-bond donors (Lipinski definition) is 1. The SMILES string of the molecule is O=C(Nc1ccc(-n2cncn2)cc1)c1ccccc1OCc1cccc(Br)c1. The van der Waals surface area contributed by atoms with Gasteiger partial charge in [0.05, 0.1) is 11.3 Å². The Morgan fingerprint density at radius 1 is 1.03 bits per heavy atom. The smallest absolute Gasteiger partial charge is 0.259 e. The van der Waals surface area contributed by atoms with Crippen LogP contribution in [-0.2, 0) is 6.61 Å². The van der Waals surface area contributed by atoms with Gasteiger partial charge >= 0.3 is 0 Å². The van der Waals surface area contributed by atoms with Gasteiger partial charge in [0.25, 0.3) is 5.91 Å². The predicted octanol–water partition coefficient (Wildman–Crippen LogP) is 4.86. The molecule has 0 fully saturated rings. The number of benzene rings is 3. The van der Waals surface area contributed by atoms with Crippen LogP contribution in [0.4, 0.5) is 5.69 Å². The summed E-state index contributed by atoms with van der Waals surface area (Å²) in [5, 5.41) is 6.99. The lowest BCUT2D eigenvalue weighted by Crippen LogP contribution is -2.13. The molecule has 0 bridgehead atoms. The maximum absolute atomic E-state index is 12.8. The zero-order chi connectivity index (χ0) is 20.1. The molecule has 0 saturated carbocycles. The molecule has 144 valence electrons. The molecule has 3 aromatic carbocycles. The van der Waals surface area contributed by atoms with Crippen LogP contribution in [0, 0.1) is 0 Å². The van der Waals surface area contributed by atoms with E-state index in [9.17, 15) is 4.79 Å². The van der Waals surface area contributed by atoms with Crippen molar-refractivity contribution in [1.29, 1.82) is 0 Å². The molecule has 0 aliphatic rings. The lowest BCUT2D eigenvalue weighted by Gasteiger charge is -2.12. The van der Waals surface area contributed by atoms with Crippen molar-refractivity contribution in [3.05, 3.63) is 101 Å². The van der Waals surface area contributed by atoms with E-state index in [1.165, 1.54) is 6.33 Å². The van der Waals surface area contributed by atoms with Crippen molar-refractivity contribution in [2.45, 2.75) is 6.61 Å². The number of carbonyl (C=O) groups is 1. The summed E-state index contributed by atoms with van der Waals surface area (Å²) in [4.78, 5) is 16.7. The molecule has 0 radical (unpaired) electrons. The van der Waals surface area contributed by atoms with Gasteiger partial charge in [-0.3, -0.25) is 4.79 Å². The number of halogens is 1. The Labute approximate surface area is 176 Å². The fourth-order valence-electron chi connectivity index (χ4n) is 2.81. The van der Waals surface area contributed by atoms with E-state index in [1.807, 2.05) is 60.7 Å². The van der Waals surface area contributed by atoms with E-state index in [4.69, 9.17) is 4.74 Å². The second-order valence-corrected chi connectivity index (χ2v) is 7.17. The molecule has 0 spiro atoms. The first-order valence-electron chi connectivity index (χ1n) is 8.92. The Morgan fingerprint density at radius 3 is 2.62 bits per heavy atom. The molecule has 7 heteroatoms. The molecule has 0 aliphatic heterocycles. The van der Waals surface area contributed by atoms with E-state index in [-0.39, 0.29) is 5.91 Å². The monoisotopic (exact) mass is 448 g/mol. The first-order chi connectivity index (χ1) is 14.2. The van der Waals surface area contributed by atoms with Crippen LogP contribution in [0.5, 0.6) is 5.75 Å². The van der Waals surface area contributed by atoms with E-state index in [1.54, 1.807) is 23.1 Å². The van der Waals surface area contributed by atoms with E-state index >= 15 is 0 Å². The number of aromatic nitrogens is 3. The van der Waals surface area contributed by atoms with Crippen LogP contribution in [0.1, 0.15) is 15.9 Å². The van der Waals surface area contributed by atoms with Crippen molar-refractivity contribution in [3.63, 3.8) is 0 Å². The zero-order valence-electron chi connectivity index (χ0n) is 15.3. The molecule has 4 rings (SSSR count). The maximum Gasteiger partial charge on any atom is 0.259 e. The van der Waals surface area contributed by atoms with Crippen molar-refractivity contribution in [2.24, 2.45) is 0 Å². The molecule has 0 unspecified atom stereocenters. The molecule has 6 nitrogen and oxygen atoms in total. The average molecular weight is 449 g/mol. The topological polar surface area (TPSA) is 69.0 Å². The van der Waals surface area contributed by atoms with Gasteiger partial charge in [0.1, 0.15) is 25.0 Å². The van der Waals surface area contributed by atoms with Gasteiger partial charge in [-0.2, -0.15) is 5.10 Å². The van der Waals surface area contributed by atoms with Gasteiger partial charge < -0.3 is 10.1 Å². The molecule has 1 heterocycles. The second-order valence-electron chi connectivity index (χ2n) is 6.26. The molecule has 29 heavy (non-hydrogen) atoms. The molecule has 1 amide bonds. The average Bonchev–Trinajstić information content (AvgIpc) is 3.28. The van der Waals surface area contributed by atoms with Crippen LogP contribution < -0.4 is 10.1 Å². The van der Waals surface area contributed by atoms with Crippen LogP contribution in [-0.4, -0.2) is 20.7 Å². The van der Waals surface area contributed by atoms with Crippen molar-refractivity contribution >= 4 is 27.5 Å². The van der Waals surface area contributed by atoms with Gasteiger partial charge in [0.15, 0.2) is 0 Å². The standard InChI is InChI=1S/C22H17BrN4O2/c23-17-5-3-4-16(12-17)13-29-21-7-2-1-6-20(21)22(28)26-18-8-10-19(11-9-18)27-15-24-14-25-27/h1-12,14-15H,13H2,(H,26,28). The van der Waals surface area contributed by atoms with Gasteiger partial charge in [0, 0.05) is 10.2 Å². The zero-order valence-corrected chi connectivity index (χ0v) is 16.9. The molecule has 0 saturated heterocycles. The molecule has 4 aromatic rings. The van der Waals surface area contributed by atoms with Gasteiger partial charge in [-0.15, -0.1) is 0 Å². The number of carbonyl (C=O) groups excluding carboxylic acids is 1. The van der Waals surface area contributed by atoms with Crippen LogP contribution in [0.25, 0.3) is 5.69 Å². The highest BCUT2D eigenvalue weighted by atomic mass is 79.9. The van der Waals surface area contributed by atoms with E-state index < -0.39 is 0 Å². The number of nitrogens with one attached hydrogen (secondary N) is 1. The number of anilines is 1. The van der Waals surface area contributed by atoms with Gasteiger partial charge in [-0.1, -0.05) is 40.2 Å². The minimum atomic E-state index is -0.233. The number of rotatable bonds is 6. The van der Waals surface area contributed by atoms with Crippen LogP contribution in [0.2, 0.25) is 0 Å². The highest BCUT2D eigenvalue weighted by Crippen LogP contribution is 2.22. The Bertz CT molecular complexity index is 1110. The van der Waals surface area contributed by atoms with Gasteiger partial charge in [-0.25, -0.2) is 9.67 Å². The summed E-state index contributed by atoms with van der Waals surface area (Å²) in [6, 6.07) is 22.4. The van der Waals surface area contributed by atoms with Crippen molar-refractivity contribution in [2.75, 3.05) is 5.32 Å². The van der Waals surface area contributed by atoms with E-state index in [0.29, 0.717) is 23.6 Å². The van der Waals surface area contributed by atoms with E-state index in [2.05, 4.69) is 31.3 Å². The first-order valence-corrected chi connectivity index (χ1v) is 9.71. The third-order valence-corrected chi connectivity index (χ3v) is 4.72. The molecular formula is C22H17BrN4O2. The number of para-hydroxylation sites is 1. The lowest BCUT2D eigenvalue weighted by molar-refractivity contribution is 0.102. The number of nitrogens with zero attached hydrogens (tertiary/aromatic N) is 3. The Morgan fingerprint density at radius 2 is 1.86 bits per heavy atom. The predicted molar refractivity (Wildman–Crippen MR) is 114 cm³/mol. The highest BCUT2D eigenvalue weighted by Gasteiger charge is 2.13. The lowest BCUT2D eigenvalue weighted by atomic mass is 10.1. The van der Waals surface area contributed by atoms with E-state index in [0.717, 1.165) is 15.7 Å². The molecule has 0 atom stereocenters. The summed E-state index contributed by atoms with van der Waals surface area (Å²) >= 11 is 3.45. The van der Waals surface area contributed by atoms with Crippen molar-refractivity contribution in [1.82, 2.24) is 14.8 Å². The van der Waals surface area contributed by atoms with Gasteiger partial charge in [-0.05, 0) is 54.1 Å². The van der Waals surface area contributed by atoms with Crippen LogP contribution >= 0.6 is 15.9 Å². The number of hydrogen-bond acceptors (Lipinski definition) is 4. The summed E-state index contributed by atoms with van der Waals surface area (Å²) in [6.45, 7) is 0.371. The fraction of sp³-hybridized carbons (Fsp3) is 0.0455. The molecule has 0 aliphatic carbocycles. The minimum Gasteiger partial charge on any atom is -0.488 e. The maximum atomic E-state index is 12.8. The minimum absolute atomic E-state index is 0.233. The first kappa shape index (κ1) is 18.9. The normalized spacial score (nSPS) is 10.5. The van der Waals surface area contributed by atoms with Crippen molar-refractivity contribution in [3.8, 4) is 11.4 Å². The Balaban J connectivity index is 1.46. The second kappa shape index (κ2) is 8.70. The summed E-state index contributed by atoms with van der Waals surface area (Å²) in [5.41, 5.74) is 3.03. The van der Waals surface area contributed by atoms with Gasteiger partial charge in [0.2, 0.25) is 0 Å². The van der Waals surface area contributed by atoms with Crippen LogP contribution in [0.15, 0.2) is 89.9 Å². The summed E-state index contributed by atoms with van der Waals surface area (Å²) < 4.78 is 8.54. The summed E-state index contributed by atoms with van der Waals surface area (Å²) in [6.07, 6.45) is 3.09.